The highest BCUT2D eigenvalue weighted by Gasteiger charge is 2.20. The summed E-state index contributed by atoms with van der Waals surface area (Å²) in [6.07, 6.45) is 3.29. The fraction of sp³-hybridized carbons (Fsp3) is 0.333. The van der Waals surface area contributed by atoms with Crippen LogP contribution in [0.4, 0.5) is 5.82 Å². The zero-order valence-electron chi connectivity index (χ0n) is 11.9. The summed E-state index contributed by atoms with van der Waals surface area (Å²) in [6.45, 7) is 3.09. The Hall–Kier alpha value is -1.86. The molecule has 1 fully saturated rings. The first-order valence-electron chi connectivity index (χ1n) is 7.03. The number of hydrogen-bond donors (Lipinski definition) is 1. The van der Waals surface area contributed by atoms with E-state index in [-0.39, 0.29) is 5.91 Å². The van der Waals surface area contributed by atoms with Gasteiger partial charge in [0, 0.05) is 23.8 Å². The Bertz CT molecular complexity index is 639. The van der Waals surface area contributed by atoms with E-state index in [9.17, 15) is 4.79 Å². The number of rotatable bonds is 4. The van der Waals surface area contributed by atoms with E-state index in [1.54, 1.807) is 24.6 Å². The van der Waals surface area contributed by atoms with Crippen LogP contribution in [0, 0.1) is 0 Å². The third-order valence-electron chi connectivity index (χ3n) is 3.39. The summed E-state index contributed by atoms with van der Waals surface area (Å²) in [5.74, 6) is 1.22. The largest absolute Gasteiger partial charge is 0.467 e. The molecule has 116 valence electrons. The van der Waals surface area contributed by atoms with E-state index in [2.05, 4.69) is 31.1 Å². The third-order valence-corrected chi connectivity index (χ3v) is 3.83. The Kier molecular flexibility index (Phi) is 4.74. The maximum Gasteiger partial charge on any atom is 0.255 e. The number of ether oxygens (including phenoxy) is 1. The fourth-order valence-corrected chi connectivity index (χ4v) is 2.63. The molecule has 0 radical (unpaired) electrons. The maximum absolute atomic E-state index is 12.5. The molecule has 22 heavy (non-hydrogen) atoms. The molecule has 1 aliphatic heterocycles. The average Bonchev–Trinajstić information content (AvgIpc) is 3.07. The van der Waals surface area contributed by atoms with Gasteiger partial charge in [0.25, 0.3) is 5.91 Å². The summed E-state index contributed by atoms with van der Waals surface area (Å²) >= 11 is 3.37. The molecule has 6 nitrogen and oxygen atoms in total. The number of nitrogens with one attached hydrogen (secondary N) is 1. The van der Waals surface area contributed by atoms with Gasteiger partial charge in [-0.15, -0.1) is 0 Å². The zero-order chi connectivity index (χ0) is 15.4. The van der Waals surface area contributed by atoms with Crippen LogP contribution in [-0.4, -0.2) is 37.2 Å². The molecule has 0 aromatic carbocycles. The van der Waals surface area contributed by atoms with E-state index >= 15 is 0 Å². The van der Waals surface area contributed by atoms with Crippen molar-refractivity contribution >= 4 is 27.7 Å². The minimum absolute atomic E-state index is 0.174. The zero-order valence-corrected chi connectivity index (χ0v) is 13.5. The van der Waals surface area contributed by atoms with E-state index in [0.717, 1.165) is 17.6 Å². The second-order valence-electron chi connectivity index (χ2n) is 4.89. The lowest BCUT2D eigenvalue weighted by molar-refractivity contribution is 0.0946. The molecule has 0 aliphatic carbocycles. The van der Waals surface area contributed by atoms with Crippen LogP contribution < -0.4 is 10.2 Å². The lowest BCUT2D eigenvalue weighted by Gasteiger charge is -2.29. The molecule has 0 spiro atoms. The van der Waals surface area contributed by atoms with Crippen LogP contribution in [0.3, 0.4) is 0 Å². The van der Waals surface area contributed by atoms with Crippen LogP contribution in [0.1, 0.15) is 16.1 Å². The van der Waals surface area contributed by atoms with Crippen molar-refractivity contribution in [2.45, 2.75) is 6.54 Å². The van der Waals surface area contributed by atoms with Crippen LogP contribution in [0.25, 0.3) is 0 Å². The highest BCUT2D eigenvalue weighted by Crippen LogP contribution is 2.22. The van der Waals surface area contributed by atoms with Gasteiger partial charge in [0.2, 0.25) is 0 Å². The topological polar surface area (TPSA) is 67.6 Å². The Morgan fingerprint density at radius 2 is 2.23 bits per heavy atom. The number of nitrogens with zero attached hydrogens (tertiary/aromatic N) is 2. The summed E-state index contributed by atoms with van der Waals surface area (Å²) < 4.78 is 11.3. The van der Waals surface area contributed by atoms with E-state index in [4.69, 9.17) is 9.15 Å². The second kappa shape index (κ2) is 6.93. The van der Waals surface area contributed by atoms with Crippen molar-refractivity contribution in [2.75, 3.05) is 31.2 Å². The predicted molar refractivity (Wildman–Crippen MR) is 84.8 cm³/mol. The van der Waals surface area contributed by atoms with Crippen LogP contribution in [0.15, 0.2) is 39.5 Å². The Morgan fingerprint density at radius 1 is 1.41 bits per heavy atom. The maximum atomic E-state index is 12.5. The summed E-state index contributed by atoms with van der Waals surface area (Å²) in [5, 5.41) is 2.86. The molecule has 1 saturated heterocycles. The molecule has 2 aromatic heterocycles. The van der Waals surface area contributed by atoms with Crippen molar-refractivity contribution in [1.82, 2.24) is 10.3 Å². The minimum Gasteiger partial charge on any atom is -0.467 e. The third kappa shape index (κ3) is 3.48. The highest BCUT2D eigenvalue weighted by atomic mass is 79.9. The van der Waals surface area contributed by atoms with Crippen molar-refractivity contribution < 1.29 is 13.9 Å². The van der Waals surface area contributed by atoms with Gasteiger partial charge in [0.15, 0.2) is 0 Å². The molecule has 0 bridgehead atoms. The fourth-order valence-electron chi connectivity index (χ4n) is 2.30. The van der Waals surface area contributed by atoms with Crippen LogP contribution in [0.2, 0.25) is 0 Å². The molecule has 0 unspecified atom stereocenters. The first kappa shape index (κ1) is 15.1. The normalized spacial score (nSPS) is 14.9. The van der Waals surface area contributed by atoms with E-state index < -0.39 is 0 Å². The number of hydrogen-bond acceptors (Lipinski definition) is 5. The smallest absolute Gasteiger partial charge is 0.255 e. The molecule has 3 rings (SSSR count). The van der Waals surface area contributed by atoms with Gasteiger partial charge in [0.05, 0.1) is 31.6 Å². The minimum atomic E-state index is -0.174. The van der Waals surface area contributed by atoms with Crippen LogP contribution in [0.5, 0.6) is 0 Å². The van der Waals surface area contributed by atoms with Gasteiger partial charge in [-0.05, 0) is 34.1 Å². The number of anilines is 1. The number of pyridine rings is 1. The monoisotopic (exact) mass is 365 g/mol. The summed E-state index contributed by atoms with van der Waals surface area (Å²) in [6, 6.07) is 5.40. The molecule has 1 amide bonds. The van der Waals surface area contributed by atoms with Crippen LogP contribution >= 0.6 is 15.9 Å². The standard InChI is InChI=1S/C15H16BrN3O3/c16-11-8-13(15(20)18-10-12-2-1-5-22-12)14(17-9-11)19-3-6-21-7-4-19/h1-2,5,8-9H,3-4,6-7,10H2,(H,18,20). The Balaban J connectivity index is 1.78. The number of carbonyl (C=O) groups excluding carboxylic acids is 1. The second-order valence-corrected chi connectivity index (χ2v) is 5.80. The molecular weight excluding hydrogens is 350 g/mol. The molecular formula is C15H16BrN3O3. The number of halogens is 1. The Labute approximate surface area is 136 Å². The van der Waals surface area contributed by atoms with Crippen molar-refractivity contribution in [3.63, 3.8) is 0 Å². The van der Waals surface area contributed by atoms with E-state index in [1.807, 2.05) is 6.07 Å². The van der Waals surface area contributed by atoms with Gasteiger partial charge in [-0.1, -0.05) is 0 Å². The van der Waals surface area contributed by atoms with Crippen LogP contribution in [-0.2, 0) is 11.3 Å². The first-order chi connectivity index (χ1) is 10.7. The number of amides is 1. The summed E-state index contributed by atoms with van der Waals surface area (Å²) in [5.41, 5.74) is 0.544. The van der Waals surface area contributed by atoms with Crippen molar-refractivity contribution in [3.8, 4) is 0 Å². The Morgan fingerprint density at radius 3 is 2.95 bits per heavy atom. The SMILES string of the molecule is O=C(NCc1ccco1)c1cc(Br)cnc1N1CCOCC1. The van der Waals surface area contributed by atoms with Crippen molar-refractivity contribution in [3.05, 3.63) is 46.5 Å². The van der Waals surface area contributed by atoms with E-state index in [0.29, 0.717) is 36.9 Å². The van der Waals surface area contributed by atoms with Gasteiger partial charge >= 0.3 is 0 Å². The average molecular weight is 366 g/mol. The van der Waals surface area contributed by atoms with Gasteiger partial charge in [-0.2, -0.15) is 0 Å². The molecule has 7 heteroatoms. The number of aromatic nitrogens is 1. The van der Waals surface area contributed by atoms with Gasteiger partial charge in [-0.3, -0.25) is 4.79 Å². The number of furan rings is 1. The van der Waals surface area contributed by atoms with Crippen molar-refractivity contribution in [1.29, 1.82) is 0 Å². The predicted octanol–water partition coefficient (Wildman–Crippen LogP) is 2.20. The quantitative estimate of drug-likeness (QED) is 0.899. The summed E-state index contributed by atoms with van der Waals surface area (Å²) in [7, 11) is 0. The molecule has 1 N–H and O–H groups in total. The highest BCUT2D eigenvalue weighted by molar-refractivity contribution is 9.10. The molecule has 1 aliphatic rings. The molecule has 3 heterocycles. The number of morpholine rings is 1. The van der Waals surface area contributed by atoms with E-state index in [1.165, 1.54) is 0 Å². The van der Waals surface area contributed by atoms with Gasteiger partial charge in [0.1, 0.15) is 11.6 Å². The molecule has 0 atom stereocenters. The number of carbonyl (C=O) groups is 1. The van der Waals surface area contributed by atoms with Crippen molar-refractivity contribution in [2.24, 2.45) is 0 Å². The lowest BCUT2D eigenvalue weighted by atomic mass is 10.2. The van der Waals surface area contributed by atoms with Gasteiger partial charge in [-0.25, -0.2) is 4.98 Å². The summed E-state index contributed by atoms with van der Waals surface area (Å²) in [4.78, 5) is 19.0. The van der Waals surface area contributed by atoms with Gasteiger partial charge < -0.3 is 19.4 Å². The lowest BCUT2D eigenvalue weighted by Crippen LogP contribution is -2.38. The molecule has 2 aromatic rings. The first-order valence-corrected chi connectivity index (χ1v) is 7.82. The molecule has 0 saturated carbocycles.